The third kappa shape index (κ3) is 3.77. The number of nitrogens with one attached hydrogen (secondary N) is 2. The highest BCUT2D eigenvalue weighted by atomic mass is 16.5. The van der Waals surface area contributed by atoms with Crippen LogP contribution in [0.4, 0.5) is 4.79 Å². The maximum absolute atomic E-state index is 11.2. The van der Waals surface area contributed by atoms with Gasteiger partial charge >= 0.3 is 6.09 Å². The van der Waals surface area contributed by atoms with Crippen molar-refractivity contribution in [3.63, 3.8) is 0 Å². The number of rotatable bonds is 3. The van der Waals surface area contributed by atoms with Gasteiger partial charge < -0.3 is 15.4 Å². The van der Waals surface area contributed by atoms with Gasteiger partial charge in [-0.05, 0) is 26.2 Å². The van der Waals surface area contributed by atoms with E-state index in [1.807, 2.05) is 0 Å². The largest absolute Gasteiger partial charge is 0.450 e. The van der Waals surface area contributed by atoms with E-state index < -0.39 is 6.09 Å². The molecule has 0 saturated heterocycles. The van der Waals surface area contributed by atoms with E-state index in [2.05, 4.69) is 10.6 Å². The molecule has 0 aliphatic heterocycles. The standard InChI is InChI=1S/C10H18N2O3/c1-3-15-10(14)12-9-6-4-5-8(9)11-7(2)13/h8-9H,3-6H2,1-2H3,(H,11,13)(H,12,14)/t8-,9+/m1/s1. The topological polar surface area (TPSA) is 67.4 Å². The molecule has 0 aromatic heterocycles. The van der Waals surface area contributed by atoms with Crippen LogP contribution in [0.15, 0.2) is 0 Å². The number of amides is 2. The van der Waals surface area contributed by atoms with E-state index in [1.165, 1.54) is 6.92 Å². The molecule has 1 saturated carbocycles. The summed E-state index contributed by atoms with van der Waals surface area (Å²) >= 11 is 0. The van der Waals surface area contributed by atoms with Gasteiger partial charge in [-0.1, -0.05) is 0 Å². The number of hydrogen-bond acceptors (Lipinski definition) is 3. The minimum atomic E-state index is -0.403. The molecule has 5 nitrogen and oxygen atoms in total. The van der Waals surface area contributed by atoms with E-state index in [1.54, 1.807) is 6.92 Å². The Hall–Kier alpha value is -1.26. The fraction of sp³-hybridized carbons (Fsp3) is 0.800. The van der Waals surface area contributed by atoms with E-state index >= 15 is 0 Å². The monoisotopic (exact) mass is 214 g/mol. The third-order valence-corrected chi connectivity index (χ3v) is 2.48. The van der Waals surface area contributed by atoms with Crippen LogP contribution in [0.5, 0.6) is 0 Å². The molecule has 0 aromatic carbocycles. The molecule has 2 amide bonds. The third-order valence-electron chi connectivity index (χ3n) is 2.48. The minimum absolute atomic E-state index is 0.00736. The molecule has 2 atom stereocenters. The Morgan fingerprint density at radius 2 is 1.87 bits per heavy atom. The molecule has 0 aromatic rings. The first-order valence-corrected chi connectivity index (χ1v) is 5.34. The molecule has 0 unspecified atom stereocenters. The highest BCUT2D eigenvalue weighted by Gasteiger charge is 2.29. The first-order chi connectivity index (χ1) is 7.13. The average molecular weight is 214 g/mol. The predicted octanol–water partition coefficient (Wildman–Crippen LogP) is 0.790. The predicted molar refractivity (Wildman–Crippen MR) is 55.4 cm³/mol. The minimum Gasteiger partial charge on any atom is -0.450 e. The molecule has 5 heteroatoms. The van der Waals surface area contributed by atoms with Crippen molar-refractivity contribution in [2.24, 2.45) is 0 Å². The maximum atomic E-state index is 11.2. The number of carbonyl (C=O) groups is 2. The number of hydrogen-bond donors (Lipinski definition) is 2. The van der Waals surface area contributed by atoms with Crippen molar-refractivity contribution in [1.82, 2.24) is 10.6 Å². The van der Waals surface area contributed by atoms with Crippen LogP contribution in [0.2, 0.25) is 0 Å². The fourth-order valence-electron chi connectivity index (χ4n) is 1.89. The molecule has 15 heavy (non-hydrogen) atoms. The summed E-state index contributed by atoms with van der Waals surface area (Å²) in [5.74, 6) is -0.0578. The molecule has 1 fully saturated rings. The molecule has 0 bridgehead atoms. The highest BCUT2D eigenvalue weighted by molar-refractivity contribution is 5.73. The van der Waals surface area contributed by atoms with E-state index in [-0.39, 0.29) is 18.0 Å². The van der Waals surface area contributed by atoms with Gasteiger partial charge in [-0.2, -0.15) is 0 Å². The first kappa shape index (κ1) is 11.8. The second-order valence-corrected chi connectivity index (χ2v) is 3.71. The fourth-order valence-corrected chi connectivity index (χ4v) is 1.89. The molecule has 0 radical (unpaired) electrons. The Bertz CT molecular complexity index is 243. The Labute approximate surface area is 89.6 Å². The lowest BCUT2D eigenvalue weighted by Crippen LogP contribution is -2.48. The lowest BCUT2D eigenvalue weighted by atomic mass is 10.2. The molecule has 2 N–H and O–H groups in total. The van der Waals surface area contributed by atoms with E-state index in [0.717, 1.165) is 19.3 Å². The number of ether oxygens (including phenoxy) is 1. The van der Waals surface area contributed by atoms with Crippen LogP contribution in [-0.2, 0) is 9.53 Å². The quantitative estimate of drug-likeness (QED) is 0.730. The van der Waals surface area contributed by atoms with Crippen molar-refractivity contribution in [2.45, 2.75) is 45.2 Å². The molecular formula is C10H18N2O3. The summed E-state index contributed by atoms with van der Waals surface area (Å²) < 4.78 is 4.79. The maximum Gasteiger partial charge on any atom is 0.407 e. The Morgan fingerprint density at radius 1 is 1.27 bits per heavy atom. The molecule has 0 heterocycles. The molecule has 1 rings (SSSR count). The second kappa shape index (κ2) is 5.58. The van der Waals surface area contributed by atoms with Crippen LogP contribution in [-0.4, -0.2) is 30.7 Å². The summed E-state index contributed by atoms with van der Waals surface area (Å²) in [5.41, 5.74) is 0. The van der Waals surface area contributed by atoms with Gasteiger partial charge in [0.25, 0.3) is 0 Å². The SMILES string of the molecule is CCOC(=O)N[C@H]1CCC[C@H]1NC(C)=O. The van der Waals surface area contributed by atoms with Crippen LogP contribution in [0, 0.1) is 0 Å². The normalized spacial score (nSPS) is 24.7. The molecule has 1 aliphatic rings. The van der Waals surface area contributed by atoms with Crippen molar-refractivity contribution < 1.29 is 14.3 Å². The smallest absolute Gasteiger partial charge is 0.407 e. The zero-order valence-corrected chi connectivity index (χ0v) is 9.21. The Balaban J connectivity index is 2.39. The number of carbonyl (C=O) groups excluding carboxylic acids is 2. The Morgan fingerprint density at radius 3 is 2.40 bits per heavy atom. The lowest BCUT2D eigenvalue weighted by molar-refractivity contribution is -0.119. The van der Waals surface area contributed by atoms with Crippen LogP contribution in [0.1, 0.15) is 33.1 Å². The lowest BCUT2D eigenvalue weighted by Gasteiger charge is -2.20. The zero-order valence-electron chi connectivity index (χ0n) is 9.21. The first-order valence-electron chi connectivity index (χ1n) is 5.34. The van der Waals surface area contributed by atoms with Gasteiger partial charge in [0, 0.05) is 13.0 Å². The van der Waals surface area contributed by atoms with Crippen LogP contribution in [0.3, 0.4) is 0 Å². The van der Waals surface area contributed by atoms with Crippen LogP contribution in [0.25, 0.3) is 0 Å². The summed E-state index contributed by atoms with van der Waals surface area (Å²) in [7, 11) is 0. The summed E-state index contributed by atoms with van der Waals surface area (Å²) in [6.45, 7) is 3.61. The van der Waals surface area contributed by atoms with Gasteiger partial charge in [0.05, 0.1) is 12.6 Å². The van der Waals surface area contributed by atoms with E-state index in [0.29, 0.717) is 6.61 Å². The molecule has 86 valence electrons. The summed E-state index contributed by atoms with van der Waals surface area (Å²) in [6.07, 6.45) is 2.42. The molecule has 1 aliphatic carbocycles. The van der Waals surface area contributed by atoms with Crippen LogP contribution >= 0.6 is 0 Å². The molecular weight excluding hydrogens is 196 g/mol. The average Bonchev–Trinajstić information content (AvgIpc) is 2.52. The van der Waals surface area contributed by atoms with Crippen molar-refractivity contribution in [3.8, 4) is 0 Å². The van der Waals surface area contributed by atoms with E-state index in [4.69, 9.17) is 4.74 Å². The zero-order chi connectivity index (χ0) is 11.3. The summed E-state index contributed by atoms with van der Waals surface area (Å²) in [6, 6.07) is 0.0554. The summed E-state index contributed by atoms with van der Waals surface area (Å²) in [4.78, 5) is 22.1. The summed E-state index contributed by atoms with van der Waals surface area (Å²) in [5, 5.41) is 5.59. The van der Waals surface area contributed by atoms with Gasteiger partial charge in [-0.15, -0.1) is 0 Å². The molecule has 0 spiro atoms. The number of alkyl carbamates (subject to hydrolysis) is 1. The van der Waals surface area contributed by atoms with Gasteiger partial charge in [-0.25, -0.2) is 4.79 Å². The van der Waals surface area contributed by atoms with Crippen molar-refractivity contribution in [2.75, 3.05) is 6.61 Å². The van der Waals surface area contributed by atoms with Gasteiger partial charge in [-0.3, -0.25) is 4.79 Å². The van der Waals surface area contributed by atoms with Crippen molar-refractivity contribution in [3.05, 3.63) is 0 Å². The van der Waals surface area contributed by atoms with Crippen molar-refractivity contribution >= 4 is 12.0 Å². The van der Waals surface area contributed by atoms with Crippen molar-refractivity contribution in [1.29, 1.82) is 0 Å². The van der Waals surface area contributed by atoms with E-state index in [9.17, 15) is 9.59 Å². The Kier molecular flexibility index (Phi) is 4.39. The van der Waals surface area contributed by atoms with Gasteiger partial charge in [0.15, 0.2) is 0 Å². The second-order valence-electron chi connectivity index (χ2n) is 3.71. The van der Waals surface area contributed by atoms with Gasteiger partial charge in [0.2, 0.25) is 5.91 Å². The van der Waals surface area contributed by atoms with Gasteiger partial charge in [0.1, 0.15) is 0 Å². The van der Waals surface area contributed by atoms with Crippen LogP contribution < -0.4 is 10.6 Å². The highest BCUT2D eigenvalue weighted by Crippen LogP contribution is 2.19.